The number of fused-ring (bicyclic) bond motifs is 1. The van der Waals surface area contributed by atoms with E-state index in [2.05, 4.69) is 35.1 Å². The van der Waals surface area contributed by atoms with Gasteiger partial charge in [-0.2, -0.15) is 4.98 Å². The molecule has 0 unspecified atom stereocenters. The SMILES string of the molecule is O=S1CCN(c2nc(Cl)nc3c(NCc4cccnc4)ncnc23)CC1. The number of aromatic nitrogens is 5. The molecule has 3 aromatic rings. The highest BCUT2D eigenvalue weighted by molar-refractivity contribution is 7.85. The number of pyridine rings is 1. The molecule has 1 fully saturated rings. The van der Waals surface area contributed by atoms with Gasteiger partial charge in [0.25, 0.3) is 0 Å². The molecule has 0 saturated carbocycles. The van der Waals surface area contributed by atoms with Crippen LogP contribution in [0.3, 0.4) is 0 Å². The lowest BCUT2D eigenvalue weighted by Crippen LogP contribution is -2.38. The molecule has 0 atom stereocenters. The first-order valence-electron chi connectivity index (χ1n) is 8.11. The van der Waals surface area contributed by atoms with Gasteiger partial charge in [0.05, 0.1) is 0 Å². The standard InChI is InChI=1S/C16H16ClN7OS/c17-16-22-12-13(15(23-16)24-4-6-26(25)7-5-24)20-10-21-14(12)19-9-11-2-1-3-18-8-11/h1-3,8,10H,4-7,9H2,(H,19,20,21). The number of hydrogen-bond acceptors (Lipinski definition) is 8. The third kappa shape index (κ3) is 3.58. The summed E-state index contributed by atoms with van der Waals surface area (Å²) < 4.78 is 11.6. The summed E-state index contributed by atoms with van der Waals surface area (Å²) in [6.07, 6.45) is 5.00. The summed E-state index contributed by atoms with van der Waals surface area (Å²) >= 11 is 6.16. The second-order valence-electron chi connectivity index (χ2n) is 5.79. The molecule has 0 amide bonds. The fraction of sp³-hybridized carbons (Fsp3) is 0.312. The highest BCUT2D eigenvalue weighted by Gasteiger charge is 2.21. The van der Waals surface area contributed by atoms with Crippen molar-refractivity contribution in [2.45, 2.75) is 6.54 Å². The summed E-state index contributed by atoms with van der Waals surface area (Å²) in [6.45, 7) is 1.86. The topological polar surface area (TPSA) is 96.8 Å². The summed E-state index contributed by atoms with van der Waals surface area (Å²) in [6, 6.07) is 3.86. The number of nitrogens with one attached hydrogen (secondary N) is 1. The van der Waals surface area contributed by atoms with Gasteiger partial charge in [-0.25, -0.2) is 15.0 Å². The maximum Gasteiger partial charge on any atom is 0.225 e. The summed E-state index contributed by atoms with van der Waals surface area (Å²) in [5, 5.41) is 3.40. The van der Waals surface area contributed by atoms with E-state index in [0.29, 0.717) is 53.8 Å². The van der Waals surface area contributed by atoms with E-state index in [-0.39, 0.29) is 5.28 Å². The largest absolute Gasteiger partial charge is 0.364 e. The van der Waals surface area contributed by atoms with Crippen molar-refractivity contribution in [2.75, 3.05) is 34.8 Å². The van der Waals surface area contributed by atoms with E-state index in [1.807, 2.05) is 12.1 Å². The maximum absolute atomic E-state index is 11.6. The number of halogens is 1. The van der Waals surface area contributed by atoms with Gasteiger partial charge in [-0.15, -0.1) is 0 Å². The van der Waals surface area contributed by atoms with E-state index in [1.54, 1.807) is 12.4 Å². The van der Waals surface area contributed by atoms with E-state index in [4.69, 9.17) is 11.6 Å². The molecule has 1 aliphatic rings. The molecule has 3 aromatic heterocycles. The Morgan fingerprint density at radius 3 is 2.81 bits per heavy atom. The normalized spacial score (nSPS) is 15.3. The average molecular weight is 390 g/mol. The summed E-state index contributed by atoms with van der Waals surface area (Å²) in [4.78, 5) is 23.5. The fourth-order valence-corrected chi connectivity index (χ4v) is 4.01. The van der Waals surface area contributed by atoms with Crippen LogP contribution in [0.15, 0.2) is 30.9 Å². The van der Waals surface area contributed by atoms with Crippen LogP contribution in [0.4, 0.5) is 11.6 Å². The van der Waals surface area contributed by atoms with Crippen LogP contribution in [0.25, 0.3) is 11.0 Å². The molecule has 0 aliphatic carbocycles. The first kappa shape index (κ1) is 17.0. The van der Waals surface area contributed by atoms with Gasteiger partial charge in [0.1, 0.15) is 17.4 Å². The van der Waals surface area contributed by atoms with Crippen molar-refractivity contribution in [1.29, 1.82) is 0 Å². The second kappa shape index (κ2) is 7.46. The molecule has 10 heteroatoms. The summed E-state index contributed by atoms with van der Waals surface area (Å²) in [5.74, 6) is 2.47. The molecule has 1 N–H and O–H groups in total. The third-order valence-electron chi connectivity index (χ3n) is 4.10. The lowest BCUT2D eigenvalue weighted by Gasteiger charge is -2.27. The first-order valence-corrected chi connectivity index (χ1v) is 9.98. The third-order valence-corrected chi connectivity index (χ3v) is 5.54. The Labute approximate surface area is 157 Å². The number of anilines is 2. The second-order valence-corrected chi connectivity index (χ2v) is 7.82. The highest BCUT2D eigenvalue weighted by atomic mass is 35.5. The Balaban J connectivity index is 1.68. The fourth-order valence-electron chi connectivity index (χ4n) is 2.79. The molecule has 134 valence electrons. The molecule has 0 bridgehead atoms. The van der Waals surface area contributed by atoms with E-state index < -0.39 is 10.8 Å². The van der Waals surface area contributed by atoms with Gasteiger partial charge >= 0.3 is 0 Å². The van der Waals surface area contributed by atoms with Crippen LogP contribution in [0.5, 0.6) is 0 Å². The molecule has 4 heterocycles. The van der Waals surface area contributed by atoms with E-state index in [1.165, 1.54) is 6.33 Å². The summed E-state index contributed by atoms with van der Waals surface area (Å²) in [7, 11) is -0.771. The lowest BCUT2D eigenvalue weighted by atomic mass is 10.3. The Kier molecular flexibility index (Phi) is 4.89. The zero-order valence-corrected chi connectivity index (χ0v) is 15.4. The quantitative estimate of drug-likeness (QED) is 0.673. The van der Waals surface area contributed by atoms with E-state index in [9.17, 15) is 4.21 Å². The van der Waals surface area contributed by atoms with Crippen molar-refractivity contribution in [2.24, 2.45) is 0 Å². The van der Waals surface area contributed by atoms with Gasteiger partial charge in [0.15, 0.2) is 11.6 Å². The van der Waals surface area contributed by atoms with Gasteiger partial charge in [-0.1, -0.05) is 6.07 Å². The number of rotatable bonds is 4. The zero-order valence-electron chi connectivity index (χ0n) is 13.8. The van der Waals surface area contributed by atoms with Gasteiger partial charge < -0.3 is 10.2 Å². The van der Waals surface area contributed by atoms with Crippen molar-refractivity contribution in [3.8, 4) is 0 Å². The Hall–Kier alpha value is -2.39. The van der Waals surface area contributed by atoms with Crippen LogP contribution < -0.4 is 10.2 Å². The Morgan fingerprint density at radius 1 is 1.19 bits per heavy atom. The smallest absolute Gasteiger partial charge is 0.225 e. The molecule has 8 nitrogen and oxygen atoms in total. The zero-order chi connectivity index (χ0) is 17.9. The molecule has 0 radical (unpaired) electrons. The minimum atomic E-state index is -0.771. The molecular weight excluding hydrogens is 374 g/mol. The van der Waals surface area contributed by atoms with Crippen molar-refractivity contribution in [1.82, 2.24) is 24.9 Å². The monoisotopic (exact) mass is 389 g/mol. The molecule has 26 heavy (non-hydrogen) atoms. The van der Waals surface area contributed by atoms with Crippen LogP contribution in [0.2, 0.25) is 5.28 Å². The lowest BCUT2D eigenvalue weighted by molar-refractivity contribution is 0.672. The summed E-state index contributed by atoms with van der Waals surface area (Å²) in [5.41, 5.74) is 2.22. The van der Waals surface area contributed by atoms with Gasteiger partial charge in [-0.3, -0.25) is 9.19 Å². The minimum absolute atomic E-state index is 0.137. The predicted molar refractivity (Wildman–Crippen MR) is 102 cm³/mol. The van der Waals surface area contributed by atoms with Crippen LogP contribution in [0, 0.1) is 0 Å². The van der Waals surface area contributed by atoms with E-state index >= 15 is 0 Å². The van der Waals surface area contributed by atoms with Crippen LogP contribution in [-0.2, 0) is 17.3 Å². The maximum atomic E-state index is 11.6. The molecule has 0 spiro atoms. The Bertz CT molecular complexity index is 946. The van der Waals surface area contributed by atoms with Gasteiger partial charge in [-0.05, 0) is 23.2 Å². The van der Waals surface area contributed by atoms with Crippen molar-refractivity contribution >= 4 is 45.1 Å². The van der Waals surface area contributed by atoms with Crippen molar-refractivity contribution < 1.29 is 4.21 Å². The molecular formula is C16H16ClN7OS. The van der Waals surface area contributed by atoms with Crippen LogP contribution in [-0.4, -0.2) is 53.7 Å². The van der Waals surface area contributed by atoms with Crippen LogP contribution >= 0.6 is 11.6 Å². The molecule has 1 saturated heterocycles. The van der Waals surface area contributed by atoms with Crippen molar-refractivity contribution in [3.05, 3.63) is 41.7 Å². The highest BCUT2D eigenvalue weighted by Crippen LogP contribution is 2.28. The van der Waals surface area contributed by atoms with Gasteiger partial charge in [0, 0.05) is 54.3 Å². The van der Waals surface area contributed by atoms with Crippen LogP contribution in [0.1, 0.15) is 5.56 Å². The van der Waals surface area contributed by atoms with Crippen molar-refractivity contribution in [3.63, 3.8) is 0 Å². The molecule has 0 aromatic carbocycles. The average Bonchev–Trinajstić information content (AvgIpc) is 2.67. The van der Waals surface area contributed by atoms with E-state index in [0.717, 1.165) is 5.56 Å². The Morgan fingerprint density at radius 2 is 2.04 bits per heavy atom. The molecule has 4 rings (SSSR count). The van der Waals surface area contributed by atoms with Gasteiger partial charge in [0.2, 0.25) is 5.28 Å². The minimum Gasteiger partial charge on any atom is -0.364 e. The first-order chi connectivity index (χ1) is 12.7. The number of nitrogens with zero attached hydrogens (tertiary/aromatic N) is 6. The molecule has 1 aliphatic heterocycles. The predicted octanol–water partition coefficient (Wildman–Crippen LogP) is 1.65. The number of hydrogen-bond donors (Lipinski definition) is 1.